The summed E-state index contributed by atoms with van der Waals surface area (Å²) in [7, 11) is 0. The number of esters is 1. The SMILES string of the molecule is CCCCCCCCCCCCCCCCCCCCCCCC/C=C/C(O)C(CO)NC(=O)CCCCCCCCCCCCCCCCOC(=O)CCCCCCCCCCCCCCCC. The molecule has 1 amide bonds. The number of allylic oxidation sites excluding steroid dienone is 1. The molecule has 0 aromatic heterocycles. The van der Waals surface area contributed by atoms with Crippen molar-refractivity contribution in [3.8, 4) is 0 Å². The van der Waals surface area contributed by atoms with E-state index in [-0.39, 0.29) is 18.5 Å². The molecule has 0 bridgehead atoms. The van der Waals surface area contributed by atoms with Crippen molar-refractivity contribution in [3.63, 3.8) is 0 Å². The quantitative estimate of drug-likeness (QED) is 0.0321. The molecule has 0 saturated carbocycles. The molecule has 0 fully saturated rings. The average molecular weight is 975 g/mol. The number of carbonyl (C=O) groups is 2. The number of aliphatic hydroxyl groups is 2. The largest absolute Gasteiger partial charge is 0.466 e. The number of amides is 1. The Labute approximate surface area is 431 Å². The van der Waals surface area contributed by atoms with E-state index in [4.69, 9.17) is 4.74 Å². The van der Waals surface area contributed by atoms with Gasteiger partial charge in [0.25, 0.3) is 0 Å². The highest BCUT2D eigenvalue weighted by Crippen LogP contribution is 2.18. The molecule has 0 radical (unpaired) electrons. The highest BCUT2D eigenvalue weighted by Gasteiger charge is 2.18. The van der Waals surface area contributed by atoms with Crippen molar-refractivity contribution in [2.24, 2.45) is 0 Å². The van der Waals surface area contributed by atoms with E-state index in [1.807, 2.05) is 6.08 Å². The number of rotatable bonds is 59. The molecule has 0 saturated heterocycles. The Kier molecular flexibility index (Phi) is 58.0. The van der Waals surface area contributed by atoms with Gasteiger partial charge in [-0.3, -0.25) is 9.59 Å². The van der Waals surface area contributed by atoms with Crippen LogP contribution in [0, 0.1) is 0 Å². The predicted molar refractivity (Wildman–Crippen MR) is 301 cm³/mol. The second-order valence-corrected chi connectivity index (χ2v) is 21.8. The maximum absolute atomic E-state index is 12.5. The molecule has 0 rings (SSSR count). The maximum atomic E-state index is 12.5. The van der Waals surface area contributed by atoms with Crippen molar-refractivity contribution in [3.05, 3.63) is 12.2 Å². The van der Waals surface area contributed by atoms with Gasteiger partial charge in [-0.1, -0.05) is 321 Å². The van der Waals surface area contributed by atoms with Crippen LogP contribution in [0.3, 0.4) is 0 Å². The third-order valence-electron chi connectivity index (χ3n) is 14.8. The number of hydrogen-bond acceptors (Lipinski definition) is 5. The van der Waals surface area contributed by atoms with E-state index in [0.717, 1.165) is 57.8 Å². The summed E-state index contributed by atoms with van der Waals surface area (Å²) < 4.78 is 5.48. The maximum Gasteiger partial charge on any atom is 0.305 e. The van der Waals surface area contributed by atoms with Crippen LogP contribution in [0.25, 0.3) is 0 Å². The highest BCUT2D eigenvalue weighted by molar-refractivity contribution is 5.76. The van der Waals surface area contributed by atoms with Crippen molar-refractivity contribution in [2.45, 2.75) is 366 Å². The first kappa shape index (κ1) is 67.6. The van der Waals surface area contributed by atoms with Crippen molar-refractivity contribution in [1.29, 1.82) is 0 Å². The van der Waals surface area contributed by atoms with Crippen LogP contribution in [-0.2, 0) is 14.3 Å². The molecule has 6 heteroatoms. The first-order valence-electron chi connectivity index (χ1n) is 31.5. The predicted octanol–water partition coefficient (Wildman–Crippen LogP) is 19.6. The normalized spacial score (nSPS) is 12.6. The molecule has 6 nitrogen and oxygen atoms in total. The molecule has 69 heavy (non-hydrogen) atoms. The van der Waals surface area contributed by atoms with Crippen LogP contribution >= 0.6 is 0 Å². The van der Waals surface area contributed by atoms with Gasteiger partial charge >= 0.3 is 5.97 Å². The lowest BCUT2D eigenvalue weighted by atomic mass is 10.0. The molecule has 0 spiro atoms. The summed E-state index contributed by atoms with van der Waals surface area (Å²) in [4.78, 5) is 24.6. The van der Waals surface area contributed by atoms with Gasteiger partial charge in [0.15, 0.2) is 0 Å². The smallest absolute Gasteiger partial charge is 0.305 e. The Morgan fingerprint density at radius 2 is 0.667 bits per heavy atom. The number of unbranched alkanes of at least 4 members (excludes halogenated alkanes) is 48. The molecule has 0 heterocycles. The molecule has 0 aliphatic carbocycles. The van der Waals surface area contributed by atoms with E-state index in [2.05, 4.69) is 19.2 Å². The minimum atomic E-state index is -0.852. The average Bonchev–Trinajstić information content (AvgIpc) is 3.35. The molecule has 0 aliphatic heterocycles. The third kappa shape index (κ3) is 55.8. The summed E-state index contributed by atoms with van der Waals surface area (Å²) in [5, 5.41) is 23.2. The van der Waals surface area contributed by atoms with E-state index >= 15 is 0 Å². The Bertz CT molecular complexity index is 1030. The molecular weight excluding hydrogens is 851 g/mol. The van der Waals surface area contributed by atoms with E-state index in [1.165, 1.54) is 270 Å². The van der Waals surface area contributed by atoms with Crippen LogP contribution in [-0.4, -0.2) is 47.4 Å². The number of nitrogens with one attached hydrogen (secondary N) is 1. The van der Waals surface area contributed by atoms with E-state index in [1.54, 1.807) is 6.08 Å². The van der Waals surface area contributed by atoms with Gasteiger partial charge in [-0.2, -0.15) is 0 Å². The van der Waals surface area contributed by atoms with Crippen molar-refractivity contribution in [2.75, 3.05) is 13.2 Å². The minimum Gasteiger partial charge on any atom is -0.466 e. The Hall–Kier alpha value is -1.40. The molecule has 0 aromatic rings. The lowest BCUT2D eigenvalue weighted by Gasteiger charge is -2.20. The van der Waals surface area contributed by atoms with Gasteiger partial charge in [0, 0.05) is 12.8 Å². The molecule has 2 atom stereocenters. The zero-order valence-electron chi connectivity index (χ0n) is 46.8. The number of hydrogen-bond donors (Lipinski definition) is 3. The molecule has 410 valence electrons. The molecular formula is C63H123NO5. The van der Waals surface area contributed by atoms with E-state index in [9.17, 15) is 19.8 Å². The van der Waals surface area contributed by atoms with Crippen LogP contribution in [0.1, 0.15) is 354 Å². The number of ether oxygens (including phenoxy) is 1. The van der Waals surface area contributed by atoms with Crippen LogP contribution in [0.2, 0.25) is 0 Å². The Balaban J connectivity index is 3.45. The standard InChI is InChI=1S/C63H123NO5/c1-3-5-7-9-11-13-15-17-19-20-21-22-23-24-25-26-27-28-31-35-39-43-47-51-55-61(66)60(59-65)64-62(67)56-52-48-44-40-36-32-29-30-34-38-42-46-50-54-58-69-63(68)57-53-49-45-41-37-33-18-16-14-12-10-8-6-4-2/h51,55,60-61,65-66H,3-50,52-54,56-59H2,1-2H3,(H,64,67)/b55-51+. The topological polar surface area (TPSA) is 95.9 Å². The molecule has 3 N–H and O–H groups in total. The van der Waals surface area contributed by atoms with Gasteiger partial charge in [0.2, 0.25) is 5.91 Å². The van der Waals surface area contributed by atoms with Gasteiger partial charge in [-0.15, -0.1) is 0 Å². The van der Waals surface area contributed by atoms with Crippen molar-refractivity contribution >= 4 is 11.9 Å². The number of aliphatic hydroxyl groups excluding tert-OH is 2. The van der Waals surface area contributed by atoms with Crippen LogP contribution < -0.4 is 5.32 Å². The van der Waals surface area contributed by atoms with Gasteiger partial charge in [-0.25, -0.2) is 0 Å². The summed E-state index contributed by atoms with van der Waals surface area (Å²) in [6, 6.07) is -0.636. The summed E-state index contributed by atoms with van der Waals surface area (Å²) >= 11 is 0. The van der Waals surface area contributed by atoms with Gasteiger partial charge < -0.3 is 20.3 Å². The zero-order chi connectivity index (χ0) is 50.0. The first-order chi connectivity index (χ1) is 34.0. The van der Waals surface area contributed by atoms with Crippen LogP contribution in [0.5, 0.6) is 0 Å². The summed E-state index contributed by atoms with van der Waals surface area (Å²) in [5.41, 5.74) is 0. The molecule has 0 aliphatic rings. The van der Waals surface area contributed by atoms with Crippen LogP contribution in [0.4, 0.5) is 0 Å². The monoisotopic (exact) mass is 974 g/mol. The zero-order valence-corrected chi connectivity index (χ0v) is 46.8. The third-order valence-corrected chi connectivity index (χ3v) is 14.8. The minimum absolute atomic E-state index is 0.0000180. The number of carbonyl (C=O) groups excluding carboxylic acids is 2. The lowest BCUT2D eigenvalue weighted by Crippen LogP contribution is -2.45. The van der Waals surface area contributed by atoms with Crippen molar-refractivity contribution in [1.82, 2.24) is 5.32 Å². The van der Waals surface area contributed by atoms with Gasteiger partial charge in [0.05, 0.1) is 25.4 Å². The van der Waals surface area contributed by atoms with E-state index < -0.39 is 12.1 Å². The Morgan fingerprint density at radius 3 is 0.986 bits per heavy atom. The lowest BCUT2D eigenvalue weighted by molar-refractivity contribution is -0.143. The molecule has 0 aromatic carbocycles. The summed E-state index contributed by atoms with van der Waals surface area (Å²) in [6.07, 6.45) is 71.0. The van der Waals surface area contributed by atoms with E-state index in [0.29, 0.717) is 19.4 Å². The second kappa shape index (κ2) is 59.2. The summed E-state index contributed by atoms with van der Waals surface area (Å²) in [6.45, 7) is 4.92. The molecule has 2 unspecified atom stereocenters. The van der Waals surface area contributed by atoms with Crippen LogP contribution in [0.15, 0.2) is 12.2 Å². The summed E-state index contributed by atoms with van der Waals surface area (Å²) in [5.74, 6) is -0.0740. The van der Waals surface area contributed by atoms with Crippen molar-refractivity contribution < 1.29 is 24.5 Å². The Morgan fingerprint density at radius 1 is 0.391 bits per heavy atom. The fourth-order valence-corrected chi connectivity index (χ4v) is 9.99. The second-order valence-electron chi connectivity index (χ2n) is 21.8. The highest BCUT2D eigenvalue weighted by atomic mass is 16.5. The fourth-order valence-electron chi connectivity index (χ4n) is 9.99. The van der Waals surface area contributed by atoms with Gasteiger partial charge in [-0.05, 0) is 32.1 Å². The first-order valence-corrected chi connectivity index (χ1v) is 31.5. The van der Waals surface area contributed by atoms with Gasteiger partial charge in [0.1, 0.15) is 0 Å². The fraction of sp³-hybridized carbons (Fsp3) is 0.937.